The second-order valence-corrected chi connectivity index (χ2v) is 8.13. The minimum Gasteiger partial charge on any atom is -0.175 e. The molecular weight excluding hydrogens is 296 g/mol. The Morgan fingerprint density at radius 3 is 2.00 bits per heavy atom. The smallest absolute Gasteiger partial charge is 0.0154 e. The molecule has 1 heteroatoms. The van der Waals surface area contributed by atoms with Crippen molar-refractivity contribution in [2.45, 2.75) is 84.8 Å². The van der Waals surface area contributed by atoms with E-state index in [9.17, 15) is 0 Å². The number of benzene rings is 1. The van der Waals surface area contributed by atoms with E-state index in [0.29, 0.717) is 0 Å². The molecule has 0 aliphatic heterocycles. The van der Waals surface area contributed by atoms with Crippen molar-refractivity contribution in [3.05, 3.63) is 35.4 Å². The fourth-order valence-corrected chi connectivity index (χ4v) is 3.98. The van der Waals surface area contributed by atoms with Crippen molar-refractivity contribution in [2.75, 3.05) is 0 Å². The Morgan fingerprint density at radius 1 is 0.783 bits per heavy atom. The summed E-state index contributed by atoms with van der Waals surface area (Å²) in [6, 6.07) is 9.00. The van der Waals surface area contributed by atoms with Gasteiger partial charge in [0.25, 0.3) is 0 Å². The van der Waals surface area contributed by atoms with Gasteiger partial charge in [0.15, 0.2) is 0 Å². The van der Waals surface area contributed by atoms with Gasteiger partial charge in [0, 0.05) is 5.75 Å². The van der Waals surface area contributed by atoms with Crippen molar-refractivity contribution in [1.82, 2.24) is 0 Å². The normalized spacial score (nSPS) is 15.3. The lowest BCUT2D eigenvalue weighted by molar-refractivity contribution is 0.327. The monoisotopic (exact) mass is 334 g/mol. The average Bonchev–Trinajstić information content (AvgIpc) is 2.52. The third kappa shape index (κ3) is 9.45. The van der Waals surface area contributed by atoms with Crippen molar-refractivity contribution in [1.29, 1.82) is 0 Å². The van der Waals surface area contributed by atoms with Crippen LogP contribution in [-0.2, 0) is 12.2 Å². The lowest BCUT2D eigenvalue weighted by Gasteiger charge is -2.21. The van der Waals surface area contributed by atoms with Gasteiger partial charge in [-0.1, -0.05) is 84.1 Å². The number of hydrogen-bond donors (Lipinski definition) is 1. The van der Waals surface area contributed by atoms with Gasteiger partial charge in [0.05, 0.1) is 0 Å². The molecule has 132 valence electrons. The summed E-state index contributed by atoms with van der Waals surface area (Å²) < 4.78 is 0. The van der Waals surface area contributed by atoms with E-state index in [4.69, 9.17) is 0 Å². The lowest BCUT2D eigenvalue weighted by atomic mass is 9.85. The van der Waals surface area contributed by atoms with Crippen LogP contribution in [0.1, 0.15) is 83.8 Å². The first-order valence-corrected chi connectivity index (χ1v) is 10.4. The molecule has 1 aromatic carbocycles. The summed E-state index contributed by atoms with van der Waals surface area (Å²) >= 11 is 4.33. The first-order chi connectivity index (χ1) is 11.0. The number of thiol groups is 1. The quantitative estimate of drug-likeness (QED) is 0.300. The summed E-state index contributed by atoms with van der Waals surface area (Å²) in [5.74, 6) is 3.36. The van der Waals surface area contributed by atoms with Crippen LogP contribution in [0.15, 0.2) is 24.3 Å². The van der Waals surface area contributed by atoms with Crippen molar-refractivity contribution in [2.24, 2.45) is 17.8 Å². The molecule has 3 unspecified atom stereocenters. The molecule has 0 aliphatic carbocycles. The molecule has 0 saturated carbocycles. The highest BCUT2D eigenvalue weighted by molar-refractivity contribution is 7.79. The molecule has 0 fully saturated rings. The summed E-state index contributed by atoms with van der Waals surface area (Å²) in [7, 11) is 0. The highest BCUT2D eigenvalue weighted by atomic mass is 32.1. The van der Waals surface area contributed by atoms with Crippen molar-refractivity contribution in [3.63, 3.8) is 0 Å². The van der Waals surface area contributed by atoms with Crippen LogP contribution < -0.4 is 0 Å². The molecule has 0 bridgehead atoms. The van der Waals surface area contributed by atoms with Gasteiger partial charge >= 0.3 is 0 Å². The zero-order valence-electron chi connectivity index (χ0n) is 15.9. The van der Waals surface area contributed by atoms with Crippen molar-refractivity contribution < 1.29 is 0 Å². The molecule has 0 aromatic heterocycles. The third-order valence-electron chi connectivity index (χ3n) is 4.95. The number of hydrogen-bond acceptors (Lipinski definition) is 1. The fraction of sp³-hybridized carbons (Fsp3) is 0.727. The van der Waals surface area contributed by atoms with E-state index in [0.717, 1.165) is 23.5 Å². The lowest BCUT2D eigenvalue weighted by Crippen LogP contribution is -2.09. The summed E-state index contributed by atoms with van der Waals surface area (Å²) in [4.78, 5) is 0. The molecule has 0 N–H and O–H groups in total. The Labute approximate surface area is 150 Å². The molecule has 1 rings (SSSR count). The molecule has 0 aliphatic rings. The Balaban J connectivity index is 2.25. The Kier molecular flexibility index (Phi) is 10.8. The van der Waals surface area contributed by atoms with E-state index in [1.807, 2.05) is 0 Å². The molecule has 0 spiro atoms. The molecule has 0 heterocycles. The van der Waals surface area contributed by atoms with E-state index in [2.05, 4.69) is 64.6 Å². The third-order valence-corrected chi connectivity index (χ3v) is 5.31. The molecule has 0 radical (unpaired) electrons. The molecule has 3 atom stereocenters. The molecule has 0 saturated heterocycles. The van der Waals surface area contributed by atoms with Crippen LogP contribution in [-0.4, -0.2) is 0 Å². The van der Waals surface area contributed by atoms with Gasteiger partial charge in [-0.2, -0.15) is 12.6 Å². The molecular formula is C22H38S. The number of rotatable bonds is 12. The maximum atomic E-state index is 4.33. The average molecular weight is 335 g/mol. The Bertz CT molecular complexity index is 395. The topological polar surface area (TPSA) is 0 Å². The van der Waals surface area contributed by atoms with Crippen LogP contribution in [0.4, 0.5) is 0 Å². The van der Waals surface area contributed by atoms with Crippen LogP contribution in [0.2, 0.25) is 0 Å². The van der Waals surface area contributed by atoms with Crippen LogP contribution in [0, 0.1) is 17.8 Å². The molecule has 23 heavy (non-hydrogen) atoms. The largest absolute Gasteiger partial charge is 0.175 e. The van der Waals surface area contributed by atoms with E-state index in [1.54, 1.807) is 0 Å². The molecule has 0 amide bonds. The van der Waals surface area contributed by atoms with Gasteiger partial charge in [-0.25, -0.2) is 0 Å². The van der Waals surface area contributed by atoms with E-state index < -0.39 is 0 Å². The SMILES string of the molecule is CCCCCCC(C)CC(C)CC(C)Cc1ccc(CS)cc1. The van der Waals surface area contributed by atoms with E-state index in [1.165, 1.54) is 62.5 Å². The second kappa shape index (κ2) is 12.0. The van der Waals surface area contributed by atoms with E-state index >= 15 is 0 Å². The Hall–Kier alpha value is -0.430. The minimum absolute atomic E-state index is 0.777. The zero-order valence-corrected chi connectivity index (χ0v) is 16.7. The highest BCUT2D eigenvalue weighted by Crippen LogP contribution is 2.25. The van der Waals surface area contributed by atoms with Gasteiger partial charge < -0.3 is 0 Å². The van der Waals surface area contributed by atoms with Crippen LogP contribution in [0.5, 0.6) is 0 Å². The first-order valence-electron chi connectivity index (χ1n) is 9.73. The van der Waals surface area contributed by atoms with Gasteiger partial charge in [0.2, 0.25) is 0 Å². The second-order valence-electron chi connectivity index (χ2n) is 7.81. The summed E-state index contributed by atoms with van der Waals surface area (Å²) in [6.07, 6.45) is 11.0. The van der Waals surface area contributed by atoms with Gasteiger partial charge in [-0.3, -0.25) is 0 Å². The maximum absolute atomic E-state index is 4.33. The standard InChI is InChI=1S/C22H38S/c1-5-6-7-8-9-18(2)14-19(3)15-20(4)16-21-10-12-22(17-23)13-11-21/h10-13,18-20,23H,5-9,14-17H2,1-4H3. The van der Waals surface area contributed by atoms with Crippen LogP contribution in [0.3, 0.4) is 0 Å². The van der Waals surface area contributed by atoms with Gasteiger partial charge in [-0.05, 0) is 48.1 Å². The van der Waals surface area contributed by atoms with Crippen molar-refractivity contribution >= 4 is 12.6 Å². The van der Waals surface area contributed by atoms with Crippen molar-refractivity contribution in [3.8, 4) is 0 Å². The summed E-state index contributed by atoms with van der Waals surface area (Å²) in [5.41, 5.74) is 2.79. The fourth-order valence-electron chi connectivity index (χ4n) is 3.77. The first kappa shape index (κ1) is 20.6. The predicted molar refractivity (Wildman–Crippen MR) is 108 cm³/mol. The summed E-state index contributed by atoms with van der Waals surface area (Å²) in [5, 5.41) is 0. The Morgan fingerprint density at radius 2 is 1.39 bits per heavy atom. The zero-order chi connectivity index (χ0) is 17.1. The highest BCUT2D eigenvalue weighted by Gasteiger charge is 2.13. The number of unbranched alkanes of at least 4 members (excludes halogenated alkanes) is 3. The molecule has 0 nitrogen and oxygen atoms in total. The summed E-state index contributed by atoms with van der Waals surface area (Å²) in [6.45, 7) is 9.60. The van der Waals surface area contributed by atoms with Gasteiger partial charge in [0.1, 0.15) is 0 Å². The van der Waals surface area contributed by atoms with Crippen LogP contribution in [0.25, 0.3) is 0 Å². The van der Waals surface area contributed by atoms with Crippen LogP contribution >= 0.6 is 12.6 Å². The predicted octanol–water partition coefficient (Wildman–Crippen LogP) is 7.32. The van der Waals surface area contributed by atoms with Gasteiger partial charge in [-0.15, -0.1) is 0 Å². The minimum atomic E-state index is 0.777. The molecule has 1 aromatic rings. The van der Waals surface area contributed by atoms with E-state index in [-0.39, 0.29) is 0 Å². The maximum Gasteiger partial charge on any atom is 0.0154 e.